The lowest BCUT2D eigenvalue weighted by Crippen LogP contribution is -2.62. The van der Waals surface area contributed by atoms with Gasteiger partial charge in [0, 0.05) is 5.75 Å². The highest BCUT2D eigenvalue weighted by molar-refractivity contribution is 7.80. The SMILES string of the molecule is CC[C@H](C)[C@H](NC(=O)[C@H](CCCCN)NC(=O)CNC(=O)[C@H](CC(=O)O)NC(=O)[C@@H](NC(=O)[C@H](CC(C)C)NC(=O)[C@H](C)N)C(C)C)C(=O)N[C@@H](CS)C(=O)N[C@H](C(=O)N[C@H](C(=O)O)C(C)C)[C@@H](C)O. The van der Waals surface area contributed by atoms with Crippen LogP contribution in [0.25, 0.3) is 0 Å². The van der Waals surface area contributed by atoms with E-state index in [4.69, 9.17) is 11.5 Å². The largest absolute Gasteiger partial charge is 0.481 e. The molecule has 0 fully saturated rings. The van der Waals surface area contributed by atoms with Crippen molar-refractivity contribution in [2.45, 2.75) is 168 Å². The second-order valence-corrected chi connectivity index (χ2v) is 18.8. The zero-order chi connectivity index (χ0) is 54.2. The third kappa shape index (κ3) is 23.3. The van der Waals surface area contributed by atoms with Gasteiger partial charge in [-0.2, -0.15) is 12.6 Å². The first kappa shape index (κ1) is 64.4. The quantitative estimate of drug-likeness (QED) is 0.0227. The molecule has 70 heavy (non-hydrogen) atoms. The Morgan fingerprint density at radius 3 is 1.49 bits per heavy atom. The molecule has 0 rings (SSSR count). The fraction of sp³-hybridized carbons (Fsp3) is 0.750. The van der Waals surface area contributed by atoms with Crippen molar-refractivity contribution in [2.75, 3.05) is 18.8 Å². The Balaban J connectivity index is 6.19. The standard InChI is InChI=1S/C44H79N11O14S/c1-11-23(8)34(42(66)51-29(19-70)40(64)55-35(25(10)56)43(67)53-33(22(6)7)44(68)69)54-38(62)26(14-12-13-15-45)48-30(57)18-47-37(61)28(17-31(58)59)50-41(65)32(21(4)5)52-39(63)27(16-20(2)3)49-36(60)24(9)46/h20-29,32-35,56,70H,11-19,45-46H2,1-10H3,(H,47,61)(H,48,57)(H,49,60)(H,50,65)(H,51,66)(H,52,63)(H,53,67)(H,54,62)(H,55,64)(H,58,59)(H,68,69)/t23-,24-,25+,26-,27-,28-,29-,32-,33-,34-,35-/m0/s1. The number of nitrogens with two attached hydrogens (primary N) is 2. The van der Waals surface area contributed by atoms with Gasteiger partial charge in [-0.3, -0.25) is 47.9 Å². The van der Waals surface area contributed by atoms with E-state index in [0.717, 1.165) is 0 Å². The van der Waals surface area contributed by atoms with E-state index in [1.54, 1.807) is 41.5 Å². The van der Waals surface area contributed by atoms with Gasteiger partial charge < -0.3 is 74.6 Å². The van der Waals surface area contributed by atoms with Crippen molar-refractivity contribution < 1.29 is 68.1 Å². The van der Waals surface area contributed by atoms with E-state index in [1.165, 1.54) is 13.8 Å². The maximum absolute atomic E-state index is 13.8. The number of unbranched alkanes of at least 4 members (excludes halogenated alkanes) is 1. The van der Waals surface area contributed by atoms with Crippen molar-refractivity contribution in [1.82, 2.24) is 47.9 Å². The second-order valence-electron chi connectivity index (χ2n) is 18.4. The number of carbonyl (C=O) groups is 11. The Morgan fingerprint density at radius 1 is 0.543 bits per heavy atom. The second kappa shape index (κ2) is 32.3. The summed E-state index contributed by atoms with van der Waals surface area (Å²) in [6.07, 6.45) is -1.14. The lowest BCUT2D eigenvalue weighted by Gasteiger charge is -2.29. The molecule has 25 nitrogen and oxygen atoms in total. The minimum Gasteiger partial charge on any atom is -0.481 e. The minimum atomic E-state index is -1.74. The van der Waals surface area contributed by atoms with E-state index in [2.05, 4.69) is 60.5 Å². The molecule has 0 radical (unpaired) electrons. The third-order valence-electron chi connectivity index (χ3n) is 10.9. The number of aliphatic hydroxyl groups excluding tert-OH is 1. The van der Waals surface area contributed by atoms with Crippen LogP contribution in [0, 0.1) is 23.7 Å². The van der Waals surface area contributed by atoms with Crippen LogP contribution in [-0.4, -0.2) is 160 Å². The Morgan fingerprint density at radius 2 is 1.01 bits per heavy atom. The van der Waals surface area contributed by atoms with Crippen LogP contribution >= 0.6 is 12.6 Å². The summed E-state index contributed by atoms with van der Waals surface area (Å²) in [7, 11) is 0. The van der Waals surface area contributed by atoms with Gasteiger partial charge in [0.2, 0.25) is 53.2 Å². The van der Waals surface area contributed by atoms with Gasteiger partial charge in [0.25, 0.3) is 0 Å². The summed E-state index contributed by atoms with van der Waals surface area (Å²) in [5.41, 5.74) is 11.3. The molecule has 0 heterocycles. The molecule has 0 saturated heterocycles. The van der Waals surface area contributed by atoms with Crippen LogP contribution in [0.4, 0.5) is 0 Å². The van der Waals surface area contributed by atoms with E-state index >= 15 is 0 Å². The maximum atomic E-state index is 13.8. The highest BCUT2D eigenvalue weighted by atomic mass is 32.1. The summed E-state index contributed by atoms with van der Waals surface area (Å²) < 4.78 is 0. The number of amides is 9. The van der Waals surface area contributed by atoms with Gasteiger partial charge in [0.1, 0.15) is 48.3 Å². The van der Waals surface area contributed by atoms with E-state index in [-0.39, 0.29) is 31.1 Å². The van der Waals surface area contributed by atoms with Crippen molar-refractivity contribution in [3.8, 4) is 0 Å². The van der Waals surface area contributed by atoms with Crippen LogP contribution in [0.1, 0.15) is 108 Å². The molecule has 0 aliphatic heterocycles. The highest BCUT2D eigenvalue weighted by Gasteiger charge is 2.37. The van der Waals surface area contributed by atoms with E-state index in [0.29, 0.717) is 19.3 Å². The van der Waals surface area contributed by atoms with Crippen molar-refractivity contribution in [1.29, 1.82) is 0 Å². The number of rotatable bonds is 33. The molecule has 0 aromatic carbocycles. The predicted octanol–water partition coefficient (Wildman–Crippen LogP) is -3.27. The molecule has 0 aliphatic rings. The molecule has 16 N–H and O–H groups in total. The van der Waals surface area contributed by atoms with Crippen LogP contribution in [0.5, 0.6) is 0 Å². The molecule has 0 unspecified atom stereocenters. The molecule has 0 aromatic heterocycles. The molecule has 26 heteroatoms. The fourth-order valence-corrected chi connectivity index (χ4v) is 6.82. The monoisotopic (exact) mass is 1020 g/mol. The highest BCUT2D eigenvalue weighted by Crippen LogP contribution is 2.13. The number of carbonyl (C=O) groups excluding carboxylic acids is 9. The number of hydrogen-bond acceptors (Lipinski definition) is 15. The lowest BCUT2D eigenvalue weighted by atomic mass is 9.97. The van der Waals surface area contributed by atoms with Crippen LogP contribution in [0.3, 0.4) is 0 Å². The predicted molar refractivity (Wildman–Crippen MR) is 259 cm³/mol. The summed E-state index contributed by atoms with van der Waals surface area (Å²) in [5.74, 6) is -12.8. The zero-order valence-corrected chi connectivity index (χ0v) is 42.8. The summed E-state index contributed by atoms with van der Waals surface area (Å²) in [6, 6.07) is -12.1. The first-order valence-electron chi connectivity index (χ1n) is 23.4. The number of carboxylic acids is 2. The molecular formula is C44H79N11O14S. The van der Waals surface area contributed by atoms with E-state index in [1.807, 2.05) is 13.8 Å². The van der Waals surface area contributed by atoms with E-state index in [9.17, 15) is 68.1 Å². The molecule has 400 valence electrons. The number of carboxylic acid groups (broad SMARTS) is 2. The van der Waals surface area contributed by atoms with Gasteiger partial charge in [-0.15, -0.1) is 0 Å². The van der Waals surface area contributed by atoms with Gasteiger partial charge in [-0.25, -0.2) is 4.79 Å². The Labute approximate surface area is 414 Å². The molecule has 0 aliphatic carbocycles. The average molecular weight is 1020 g/mol. The Hall–Kier alpha value is -5.60. The molecule has 0 spiro atoms. The van der Waals surface area contributed by atoms with Crippen molar-refractivity contribution >= 4 is 77.7 Å². The van der Waals surface area contributed by atoms with Crippen LogP contribution in [0.15, 0.2) is 0 Å². The minimum absolute atomic E-state index is 0.00847. The number of hydrogen-bond donors (Lipinski definition) is 15. The van der Waals surface area contributed by atoms with Gasteiger partial charge in [0.05, 0.1) is 25.1 Å². The molecule has 9 amide bonds. The first-order valence-corrected chi connectivity index (χ1v) is 24.0. The third-order valence-corrected chi connectivity index (χ3v) is 11.3. The smallest absolute Gasteiger partial charge is 0.326 e. The van der Waals surface area contributed by atoms with Crippen molar-refractivity contribution in [3.63, 3.8) is 0 Å². The summed E-state index contributed by atoms with van der Waals surface area (Å²) in [6.45, 7) is 15.3. The maximum Gasteiger partial charge on any atom is 0.326 e. The van der Waals surface area contributed by atoms with Crippen LogP contribution in [0.2, 0.25) is 0 Å². The van der Waals surface area contributed by atoms with Gasteiger partial charge >= 0.3 is 11.9 Å². The summed E-state index contributed by atoms with van der Waals surface area (Å²) in [4.78, 5) is 143. The van der Waals surface area contributed by atoms with Gasteiger partial charge in [-0.05, 0) is 69.7 Å². The molecular weight excluding hydrogens is 939 g/mol. The zero-order valence-electron chi connectivity index (χ0n) is 41.9. The lowest BCUT2D eigenvalue weighted by molar-refractivity contribution is -0.144. The summed E-state index contributed by atoms with van der Waals surface area (Å²) >= 11 is 4.16. The topological polar surface area (TPSA) is 409 Å². The molecule has 0 saturated carbocycles. The van der Waals surface area contributed by atoms with E-state index < -0.39 is 156 Å². The number of nitrogens with one attached hydrogen (secondary N) is 9. The van der Waals surface area contributed by atoms with Crippen LogP contribution in [-0.2, 0) is 52.7 Å². The molecule has 0 bridgehead atoms. The van der Waals surface area contributed by atoms with Crippen molar-refractivity contribution in [2.24, 2.45) is 35.1 Å². The molecule has 0 aromatic rings. The number of thiol groups is 1. The van der Waals surface area contributed by atoms with Gasteiger partial charge in [0.15, 0.2) is 0 Å². The Kier molecular flexibility index (Phi) is 29.7. The van der Waals surface area contributed by atoms with Gasteiger partial charge in [-0.1, -0.05) is 61.8 Å². The van der Waals surface area contributed by atoms with Crippen molar-refractivity contribution in [3.05, 3.63) is 0 Å². The fourth-order valence-electron chi connectivity index (χ4n) is 6.56. The average Bonchev–Trinajstić information content (AvgIpc) is 3.26. The van der Waals surface area contributed by atoms with Crippen LogP contribution < -0.4 is 59.3 Å². The molecule has 11 atom stereocenters. The normalized spacial score (nSPS) is 16.0. The summed E-state index contributed by atoms with van der Waals surface area (Å²) in [5, 5.41) is 51.3. The number of aliphatic hydroxyl groups is 1. The Bertz CT molecular complexity index is 1800. The first-order chi connectivity index (χ1) is 32.5. The number of aliphatic carboxylic acids is 2.